The van der Waals surface area contributed by atoms with Gasteiger partial charge in [-0.2, -0.15) is 0 Å². The molecule has 0 amide bonds. The molecule has 64 valence electrons. The van der Waals surface area contributed by atoms with E-state index < -0.39 is 0 Å². The molecule has 1 fully saturated rings. The molecule has 0 aromatic carbocycles. The van der Waals surface area contributed by atoms with E-state index in [1.807, 2.05) is 19.1 Å². The van der Waals surface area contributed by atoms with Crippen LogP contribution in [-0.4, -0.2) is 17.7 Å². The lowest BCUT2D eigenvalue weighted by atomic mass is 10.3. The Morgan fingerprint density at radius 3 is 3.08 bits per heavy atom. The van der Waals surface area contributed by atoms with Gasteiger partial charge in [-0.1, -0.05) is 6.07 Å². The molecule has 12 heavy (non-hydrogen) atoms. The Morgan fingerprint density at radius 1 is 1.58 bits per heavy atom. The number of hydrogen-bond donors (Lipinski definition) is 0. The van der Waals surface area contributed by atoms with Crippen molar-refractivity contribution in [2.45, 2.75) is 19.3 Å². The third-order valence-electron chi connectivity index (χ3n) is 1.79. The third kappa shape index (κ3) is 1.47. The molecule has 3 heteroatoms. The fourth-order valence-electron chi connectivity index (χ4n) is 1.20. The fourth-order valence-corrected chi connectivity index (χ4v) is 1.20. The monoisotopic (exact) mass is 165 g/mol. The molecule has 1 aromatic rings. The molecule has 2 rings (SSSR count). The molecule has 0 saturated carbocycles. The Hall–Kier alpha value is -0.930. The summed E-state index contributed by atoms with van der Waals surface area (Å²) in [6.07, 6.45) is 3.48. The molecule has 0 aliphatic carbocycles. The minimum atomic E-state index is -0.214. The van der Waals surface area contributed by atoms with Crippen LogP contribution in [0.4, 0.5) is 0 Å². The molecule has 2 unspecified atom stereocenters. The molecule has 3 nitrogen and oxygen atoms in total. The normalized spacial score (nSPS) is 29.1. The number of rotatable bonds is 1. The van der Waals surface area contributed by atoms with Crippen molar-refractivity contribution >= 4 is 0 Å². The van der Waals surface area contributed by atoms with Crippen LogP contribution >= 0.6 is 0 Å². The first-order chi connectivity index (χ1) is 5.86. The number of hydrogen-bond acceptors (Lipinski definition) is 3. The van der Waals surface area contributed by atoms with E-state index >= 15 is 0 Å². The molecule has 1 aliphatic heterocycles. The van der Waals surface area contributed by atoms with E-state index in [4.69, 9.17) is 9.47 Å². The van der Waals surface area contributed by atoms with Gasteiger partial charge in [0, 0.05) is 18.0 Å². The zero-order valence-corrected chi connectivity index (χ0v) is 6.93. The van der Waals surface area contributed by atoms with Gasteiger partial charge in [-0.25, -0.2) is 0 Å². The lowest BCUT2D eigenvalue weighted by Crippen LogP contribution is -2.02. The quantitative estimate of drug-likeness (QED) is 0.632. The number of nitrogens with zero attached hydrogens (tertiary/aromatic N) is 1. The molecule has 0 bridgehead atoms. The molecule has 2 heterocycles. The summed E-state index contributed by atoms with van der Waals surface area (Å²) in [4.78, 5) is 3.99. The Labute approximate surface area is 71.3 Å². The van der Waals surface area contributed by atoms with E-state index in [1.54, 1.807) is 12.4 Å². The Morgan fingerprint density at radius 2 is 2.50 bits per heavy atom. The van der Waals surface area contributed by atoms with E-state index in [2.05, 4.69) is 4.98 Å². The average molecular weight is 165 g/mol. The molecule has 0 N–H and O–H groups in total. The van der Waals surface area contributed by atoms with Crippen LogP contribution in [0.25, 0.3) is 0 Å². The van der Waals surface area contributed by atoms with E-state index in [-0.39, 0.29) is 12.4 Å². The van der Waals surface area contributed by atoms with Crippen LogP contribution in [0.5, 0.6) is 0 Å². The zero-order valence-electron chi connectivity index (χ0n) is 6.93. The first-order valence-electron chi connectivity index (χ1n) is 4.03. The van der Waals surface area contributed by atoms with Gasteiger partial charge in [0.15, 0.2) is 6.29 Å². The van der Waals surface area contributed by atoms with Crippen LogP contribution in [-0.2, 0) is 9.47 Å². The van der Waals surface area contributed by atoms with Crippen molar-refractivity contribution in [3.8, 4) is 0 Å². The van der Waals surface area contributed by atoms with Gasteiger partial charge in [0.25, 0.3) is 0 Å². The highest BCUT2D eigenvalue weighted by Crippen LogP contribution is 2.25. The minimum Gasteiger partial charge on any atom is -0.346 e. The first kappa shape index (κ1) is 7.71. The predicted octanol–water partition coefficient (Wildman–Crippen LogP) is 1.52. The van der Waals surface area contributed by atoms with Crippen LogP contribution in [0.2, 0.25) is 0 Å². The standard InChI is InChI=1S/C9H11NO2/c1-7-6-11-9(12-7)8-3-2-4-10-5-8/h2-5,7,9H,6H2,1H3. The maximum Gasteiger partial charge on any atom is 0.185 e. The van der Waals surface area contributed by atoms with Crippen molar-refractivity contribution in [2.24, 2.45) is 0 Å². The van der Waals surface area contributed by atoms with E-state index in [0.29, 0.717) is 6.61 Å². The van der Waals surface area contributed by atoms with Gasteiger partial charge < -0.3 is 9.47 Å². The highest BCUT2D eigenvalue weighted by atomic mass is 16.7. The Kier molecular flexibility index (Phi) is 2.06. The van der Waals surface area contributed by atoms with Gasteiger partial charge in [0.2, 0.25) is 0 Å². The molecule has 1 saturated heterocycles. The maximum atomic E-state index is 5.49. The summed E-state index contributed by atoms with van der Waals surface area (Å²) < 4.78 is 10.9. The second kappa shape index (κ2) is 3.21. The summed E-state index contributed by atoms with van der Waals surface area (Å²) in [7, 11) is 0. The summed E-state index contributed by atoms with van der Waals surface area (Å²) in [5.74, 6) is 0. The van der Waals surface area contributed by atoms with Crippen molar-refractivity contribution in [2.75, 3.05) is 6.61 Å². The Balaban J connectivity index is 2.11. The van der Waals surface area contributed by atoms with E-state index in [1.165, 1.54) is 0 Å². The summed E-state index contributed by atoms with van der Waals surface area (Å²) in [6.45, 7) is 2.66. The zero-order chi connectivity index (χ0) is 8.39. The van der Waals surface area contributed by atoms with Crippen molar-refractivity contribution in [3.63, 3.8) is 0 Å². The molecule has 0 radical (unpaired) electrons. The number of pyridine rings is 1. The van der Waals surface area contributed by atoms with Crippen molar-refractivity contribution < 1.29 is 9.47 Å². The summed E-state index contributed by atoms with van der Waals surface area (Å²) in [6, 6.07) is 3.83. The van der Waals surface area contributed by atoms with Gasteiger partial charge in [0.1, 0.15) is 0 Å². The number of aromatic nitrogens is 1. The first-order valence-corrected chi connectivity index (χ1v) is 4.03. The Bertz CT molecular complexity index is 250. The van der Waals surface area contributed by atoms with Gasteiger partial charge in [-0.05, 0) is 13.0 Å². The van der Waals surface area contributed by atoms with Crippen LogP contribution < -0.4 is 0 Å². The topological polar surface area (TPSA) is 31.4 Å². The largest absolute Gasteiger partial charge is 0.346 e. The molecule has 1 aliphatic rings. The summed E-state index contributed by atoms with van der Waals surface area (Å²) in [5, 5.41) is 0. The molecular formula is C9H11NO2. The van der Waals surface area contributed by atoms with Crippen LogP contribution in [0.15, 0.2) is 24.5 Å². The smallest absolute Gasteiger partial charge is 0.185 e. The molecular weight excluding hydrogens is 154 g/mol. The van der Waals surface area contributed by atoms with Crippen molar-refractivity contribution in [1.82, 2.24) is 4.98 Å². The lowest BCUT2D eigenvalue weighted by Gasteiger charge is -2.08. The van der Waals surface area contributed by atoms with Crippen molar-refractivity contribution in [3.05, 3.63) is 30.1 Å². The van der Waals surface area contributed by atoms with Crippen LogP contribution in [0, 0.1) is 0 Å². The highest BCUT2D eigenvalue weighted by Gasteiger charge is 2.23. The second-order valence-corrected chi connectivity index (χ2v) is 2.90. The van der Waals surface area contributed by atoms with E-state index in [0.717, 1.165) is 5.56 Å². The fraction of sp³-hybridized carbons (Fsp3) is 0.444. The van der Waals surface area contributed by atoms with Crippen LogP contribution in [0.3, 0.4) is 0 Å². The summed E-state index contributed by atoms with van der Waals surface area (Å²) in [5.41, 5.74) is 0.988. The SMILES string of the molecule is CC1COC(c2cccnc2)O1. The van der Waals surface area contributed by atoms with Crippen LogP contribution in [0.1, 0.15) is 18.8 Å². The second-order valence-electron chi connectivity index (χ2n) is 2.90. The van der Waals surface area contributed by atoms with Gasteiger partial charge in [-0.3, -0.25) is 4.98 Å². The number of ether oxygens (including phenoxy) is 2. The summed E-state index contributed by atoms with van der Waals surface area (Å²) >= 11 is 0. The maximum absolute atomic E-state index is 5.49. The van der Waals surface area contributed by atoms with Gasteiger partial charge in [0.05, 0.1) is 12.7 Å². The average Bonchev–Trinajstić information content (AvgIpc) is 2.54. The van der Waals surface area contributed by atoms with Crippen molar-refractivity contribution in [1.29, 1.82) is 0 Å². The highest BCUT2D eigenvalue weighted by molar-refractivity contribution is 5.10. The predicted molar refractivity (Wildman–Crippen MR) is 43.5 cm³/mol. The molecule has 1 aromatic heterocycles. The van der Waals surface area contributed by atoms with E-state index in [9.17, 15) is 0 Å². The minimum absolute atomic E-state index is 0.190. The van der Waals surface area contributed by atoms with Gasteiger partial charge >= 0.3 is 0 Å². The third-order valence-corrected chi connectivity index (χ3v) is 1.79. The molecule has 2 atom stereocenters. The lowest BCUT2D eigenvalue weighted by molar-refractivity contribution is -0.0574. The van der Waals surface area contributed by atoms with Gasteiger partial charge in [-0.15, -0.1) is 0 Å². The molecule has 0 spiro atoms.